The normalized spacial score (nSPS) is 13.2. The van der Waals surface area contributed by atoms with Gasteiger partial charge in [-0.1, -0.05) is 12.1 Å². The zero-order valence-electron chi connectivity index (χ0n) is 13.3. The van der Waals surface area contributed by atoms with Crippen LogP contribution in [-0.2, 0) is 26.9 Å². The Morgan fingerprint density at radius 3 is 2.88 bits per heavy atom. The van der Waals surface area contributed by atoms with Crippen molar-refractivity contribution < 1.29 is 18.8 Å². The zero-order chi connectivity index (χ0) is 17.4. The van der Waals surface area contributed by atoms with E-state index in [0.717, 1.165) is 5.56 Å². The molecule has 0 aliphatic carbocycles. The van der Waals surface area contributed by atoms with Gasteiger partial charge >= 0.3 is 5.97 Å². The van der Waals surface area contributed by atoms with Gasteiger partial charge in [0.2, 0.25) is 0 Å². The molecule has 0 fully saturated rings. The Bertz CT molecular complexity index is 694. The molecular formula is C17H20N2O4S. The van der Waals surface area contributed by atoms with Crippen LogP contribution in [0.5, 0.6) is 5.75 Å². The second-order valence-electron chi connectivity index (χ2n) is 5.16. The summed E-state index contributed by atoms with van der Waals surface area (Å²) in [5, 5.41) is 9.50. The van der Waals surface area contributed by atoms with Crippen molar-refractivity contribution in [1.29, 1.82) is 0 Å². The maximum Gasteiger partial charge on any atom is 0.307 e. The van der Waals surface area contributed by atoms with Gasteiger partial charge in [0.25, 0.3) is 0 Å². The average molecular weight is 348 g/mol. The highest BCUT2D eigenvalue weighted by Crippen LogP contribution is 2.15. The van der Waals surface area contributed by atoms with E-state index in [-0.39, 0.29) is 24.2 Å². The summed E-state index contributed by atoms with van der Waals surface area (Å²) in [5.41, 5.74) is 0.923. The summed E-state index contributed by atoms with van der Waals surface area (Å²) >= 11 is 0. The van der Waals surface area contributed by atoms with Crippen molar-refractivity contribution in [1.82, 2.24) is 9.71 Å². The first-order valence-electron chi connectivity index (χ1n) is 7.60. The van der Waals surface area contributed by atoms with Gasteiger partial charge in [-0.3, -0.25) is 9.78 Å². The molecule has 24 heavy (non-hydrogen) atoms. The first-order chi connectivity index (χ1) is 11.6. The summed E-state index contributed by atoms with van der Waals surface area (Å²) < 4.78 is 20.4. The van der Waals surface area contributed by atoms with Gasteiger partial charge in [-0.25, -0.2) is 8.93 Å². The lowest BCUT2D eigenvalue weighted by molar-refractivity contribution is -0.143. The van der Waals surface area contributed by atoms with Crippen molar-refractivity contribution in [2.45, 2.75) is 30.7 Å². The average Bonchev–Trinajstić information content (AvgIpc) is 2.56. The highest BCUT2D eigenvalue weighted by atomic mass is 32.2. The SMILES string of the molecule is CCOC(=O)CC(Cc1cccnc1)NS(=O)c1cccc(O)c1. The molecule has 1 aromatic carbocycles. The van der Waals surface area contributed by atoms with Crippen molar-refractivity contribution >= 4 is 17.0 Å². The van der Waals surface area contributed by atoms with Gasteiger partial charge in [0.1, 0.15) is 16.7 Å². The van der Waals surface area contributed by atoms with Gasteiger partial charge in [0.05, 0.1) is 17.9 Å². The number of rotatable bonds is 8. The molecule has 0 radical (unpaired) electrons. The fraction of sp³-hybridized carbons (Fsp3) is 0.294. The predicted molar refractivity (Wildman–Crippen MR) is 90.6 cm³/mol. The molecule has 0 amide bonds. The van der Waals surface area contributed by atoms with E-state index < -0.39 is 11.0 Å². The molecule has 2 aromatic rings. The van der Waals surface area contributed by atoms with Crippen molar-refractivity contribution in [3.63, 3.8) is 0 Å². The van der Waals surface area contributed by atoms with E-state index in [0.29, 0.717) is 17.9 Å². The third-order valence-electron chi connectivity index (χ3n) is 3.23. The molecule has 0 saturated carbocycles. The quantitative estimate of drug-likeness (QED) is 0.712. The molecule has 0 bridgehead atoms. The Kier molecular flexibility index (Phi) is 6.89. The van der Waals surface area contributed by atoms with Crippen LogP contribution in [0.1, 0.15) is 18.9 Å². The Morgan fingerprint density at radius 2 is 2.21 bits per heavy atom. The van der Waals surface area contributed by atoms with Crippen molar-refractivity contribution in [2.75, 3.05) is 6.61 Å². The highest BCUT2D eigenvalue weighted by Gasteiger charge is 2.19. The molecule has 128 valence electrons. The van der Waals surface area contributed by atoms with Crippen molar-refractivity contribution in [2.24, 2.45) is 0 Å². The number of esters is 1. The maximum atomic E-state index is 12.5. The molecule has 0 saturated heterocycles. The number of aromatic hydroxyl groups is 1. The zero-order valence-corrected chi connectivity index (χ0v) is 14.2. The number of aromatic nitrogens is 1. The van der Waals surface area contributed by atoms with Crippen LogP contribution < -0.4 is 4.72 Å². The van der Waals surface area contributed by atoms with Crippen molar-refractivity contribution in [3.05, 3.63) is 54.4 Å². The second kappa shape index (κ2) is 9.14. The molecule has 1 heterocycles. The molecule has 0 aliphatic heterocycles. The summed E-state index contributed by atoms with van der Waals surface area (Å²) in [6, 6.07) is 9.52. The highest BCUT2D eigenvalue weighted by molar-refractivity contribution is 7.83. The van der Waals surface area contributed by atoms with Crippen LogP contribution in [0.15, 0.2) is 53.7 Å². The fourth-order valence-electron chi connectivity index (χ4n) is 2.20. The fourth-order valence-corrected chi connectivity index (χ4v) is 3.23. The summed E-state index contributed by atoms with van der Waals surface area (Å²) in [6.07, 6.45) is 3.95. The lowest BCUT2D eigenvalue weighted by Crippen LogP contribution is -2.35. The van der Waals surface area contributed by atoms with Gasteiger partial charge in [-0.15, -0.1) is 0 Å². The van der Waals surface area contributed by atoms with Crippen LogP contribution in [0, 0.1) is 0 Å². The minimum Gasteiger partial charge on any atom is -0.508 e. The summed E-state index contributed by atoms with van der Waals surface area (Å²) in [7, 11) is -1.56. The summed E-state index contributed by atoms with van der Waals surface area (Å²) in [5.74, 6) is -0.316. The topological polar surface area (TPSA) is 88.5 Å². The molecule has 0 spiro atoms. The van der Waals surface area contributed by atoms with Crippen LogP contribution in [0.3, 0.4) is 0 Å². The van der Waals surface area contributed by atoms with E-state index in [1.807, 2.05) is 12.1 Å². The van der Waals surface area contributed by atoms with E-state index in [2.05, 4.69) is 9.71 Å². The molecule has 1 aromatic heterocycles. The maximum absolute atomic E-state index is 12.5. The Balaban J connectivity index is 2.09. The Morgan fingerprint density at radius 1 is 1.38 bits per heavy atom. The number of phenols is 1. The lowest BCUT2D eigenvalue weighted by atomic mass is 10.1. The van der Waals surface area contributed by atoms with E-state index in [1.165, 1.54) is 12.1 Å². The number of benzene rings is 1. The Hall–Kier alpha value is -2.25. The number of hydrogen-bond acceptors (Lipinski definition) is 5. The smallest absolute Gasteiger partial charge is 0.307 e. The number of nitrogens with one attached hydrogen (secondary N) is 1. The summed E-state index contributed by atoms with van der Waals surface area (Å²) in [4.78, 5) is 16.3. The number of pyridine rings is 1. The number of ether oxygens (including phenoxy) is 1. The number of nitrogens with zero attached hydrogens (tertiary/aromatic N) is 1. The number of hydrogen-bond donors (Lipinski definition) is 2. The molecule has 0 aliphatic rings. The first-order valence-corrected chi connectivity index (χ1v) is 8.75. The van der Waals surface area contributed by atoms with E-state index >= 15 is 0 Å². The van der Waals surface area contributed by atoms with E-state index in [1.54, 1.807) is 31.5 Å². The number of carbonyl (C=O) groups is 1. The molecule has 2 unspecified atom stereocenters. The molecule has 6 nitrogen and oxygen atoms in total. The standard InChI is InChI=1S/C17H20N2O4S/c1-2-23-17(21)10-14(9-13-5-4-8-18-12-13)19-24(22)16-7-3-6-15(20)11-16/h3-8,11-12,14,19-20H,2,9-10H2,1H3. The molecule has 2 N–H and O–H groups in total. The lowest BCUT2D eigenvalue weighted by Gasteiger charge is -2.17. The van der Waals surface area contributed by atoms with Crippen LogP contribution in [0.25, 0.3) is 0 Å². The largest absolute Gasteiger partial charge is 0.508 e. The molecule has 2 rings (SSSR count). The first kappa shape index (κ1) is 18.1. The van der Waals surface area contributed by atoms with Crippen LogP contribution >= 0.6 is 0 Å². The molecule has 2 atom stereocenters. The van der Waals surface area contributed by atoms with Gasteiger partial charge in [-0.2, -0.15) is 0 Å². The van der Waals surface area contributed by atoms with E-state index in [4.69, 9.17) is 4.74 Å². The van der Waals surface area contributed by atoms with Gasteiger partial charge in [-0.05, 0) is 43.2 Å². The second-order valence-corrected chi connectivity index (χ2v) is 6.40. The minimum absolute atomic E-state index is 0.0388. The van der Waals surface area contributed by atoms with Crippen LogP contribution in [0.2, 0.25) is 0 Å². The van der Waals surface area contributed by atoms with Crippen LogP contribution in [0.4, 0.5) is 0 Å². The third-order valence-corrected chi connectivity index (χ3v) is 4.46. The van der Waals surface area contributed by atoms with E-state index in [9.17, 15) is 14.1 Å². The third kappa shape index (κ3) is 5.75. The molecular weight excluding hydrogens is 328 g/mol. The monoisotopic (exact) mass is 348 g/mol. The summed E-state index contributed by atoms with van der Waals surface area (Å²) in [6.45, 7) is 2.04. The van der Waals surface area contributed by atoms with Gasteiger partial charge < -0.3 is 9.84 Å². The van der Waals surface area contributed by atoms with Crippen molar-refractivity contribution in [3.8, 4) is 5.75 Å². The van der Waals surface area contributed by atoms with Gasteiger partial charge in [0, 0.05) is 18.4 Å². The molecule has 7 heteroatoms. The number of carbonyl (C=O) groups excluding carboxylic acids is 1. The van der Waals surface area contributed by atoms with Gasteiger partial charge in [0.15, 0.2) is 0 Å². The Labute approximate surface area is 143 Å². The van der Waals surface area contributed by atoms with Crippen LogP contribution in [-0.4, -0.2) is 32.9 Å². The minimum atomic E-state index is -1.56. The predicted octanol–water partition coefficient (Wildman–Crippen LogP) is 1.96. The number of phenolic OH excluding ortho intramolecular Hbond substituents is 1.